The number of esters is 1. The monoisotopic (exact) mass is 406 g/mol. The Morgan fingerprint density at radius 1 is 1.20 bits per heavy atom. The van der Waals surface area contributed by atoms with Gasteiger partial charge >= 0.3 is 5.97 Å². The molecular weight excluding hydrogens is 391 g/mol. The summed E-state index contributed by atoms with van der Waals surface area (Å²) in [5.41, 5.74) is 1.34. The van der Waals surface area contributed by atoms with Gasteiger partial charge in [0.2, 0.25) is 0 Å². The molecule has 2 aromatic rings. The molecule has 0 saturated carbocycles. The Hall–Kier alpha value is -2.47. The summed E-state index contributed by atoms with van der Waals surface area (Å²) in [5, 5.41) is 0. The van der Waals surface area contributed by atoms with E-state index in [1.54, 1.807) is 30.3 Å². The summed E-state index contributed by atoms with van der Waals surface area (Å²) in [6.07, 6.45) is 2.48. The van der Waals surface area contributed by atoms with Crippen molar-refractivity contribution in [2.24, 2.45) is 0 Å². The lowest BCUT2D eigenvalue weighted by atomic mass is 10.1. The van der Waals surface area contributed by atoms with E-state index in [1.807, 2.05) is 0 Å². The Labute approximate surface area is 153 Å². The average Bonchev–Trinajstić information content (AvgIpc) is 2.60. The minimum absolute atomic E-state index is 0.0611. The zero-order chi connectivity index (χ0) is 18.4. The molecule has 0 radical (unpaired) electrons. The van der Waals surface area contributed by atoms with E-state index >= 15 is 0 Å². The SMILES string of the molecule is COc1ccc(C(C)=O)cc1COC(=O)/C=C/c1cc(Br)ccc1F. The Kier molecular flexibility index (Phi) is 6.47. The van der Waals surface area contributed by atoms with E-state index in [9.17, 15) is 14.0 Å². The van der Waals surface area contributed by atoms with Crippen LogP contribution in [-0.4, -0.2) is 18.9 Å². The van der Waals surface area contributed by atoms with Gasteiger partial charge in [-0.05, 0) is 49.4 Å². The number of Topliss-reactive ketones (excluding diaryl/α,β-unsaturated/α-hetero) is 1. The summed E-state index contributed by atoms with van der Waals surface area (Å²) in [4.78, 5) is 23.3. The fourth-order valence-electron chi connectivity index (χ4n) is 2.11. The van der Waals surface area contributed by atoms with Crippen LogP contribution >= 0.6 is 15.9 Å². The van der Waals surface area contributed by atoms with Crippen molar-refractivity contribution in [3.63, 3.8) is 0 Å². The summed E-state index contributed by atoms with van der Waals surface area (Å²) in [6, 6.07) is 9.33. The van der Waals surface area contributed by atoms with Gasteiger partial charge in [0.1, 0.15) is 18.2 Å². The number of halogens is 2. The van der Waals surface area contributed by atoms with Crippen molar-refractivity contribution in [2.75, 3.05) is 7.11 Å². The van der Waals surface area contributed by atoms with E-state index in [1.165, 1.54) is 26.2 Å². The number of carbonyl (C=O) groups excluding carboxylic acids is 2. The van der Waals surface area contributed by atoms with Crippen LogP contribution in [-0.2, 0) is 16.1 Å². The van der Waals surface area contributed by atoms with Crippen molar-refractivity contribution < 1.29 is 23.5 Å². The Bertz CT molecular complexity index is 830. The van der Waals surface area contributed by atoms with Gasteiger partial charge in [0.15, 0.2) is 5.78 Å². The summed E-state index contributed by atoms with van der Waals surface area (Å²) >= 11 is 3.24. The molecule has 0 atom stereocenters. The zero-order valence-corrected chi connectivity index (χ0v) is 15.3. The molecule has 0 aliphatic rings. The smallest absolute Gasteiger partial charge is 0.331 e. The molecule has 2 aromatic carbocycles. The molecular formula is C19H16BrFO4. The van der Waals surface area contributed by atoms with Gasteiger partial charge in [-0.3, -0.25) is 4.79 Å². The fraction of sp³-hybridized carbons (Fsp3) is 0.158. The van der Waals surface area contributed by atoms with E-state index in [0.717, 1.165) is 6.08 Å². The van der Waals surface area contributed by atoms with E-state index in [0.29, 0.717) is 21.3 Å². The maximum atomic E-state index is 13.6. The first kappa shape index (κ1) is 18.9. The van der Waals surface area contributed by atoms with Gasteiger partial charge in [-0.1, -0.05) is 15.9 Å². The van der Waals surface area contributed by atoms with Gasteiger partial charge < -0.3 is 9.47 Å². The Balaban J connectivity index is 2.07. The topological polar surface area (TPSA) is 52.6 Å². The third-order valence-electron chi connectivity index (χ3n) is 3.41. The van der Waals surface area contributed by atoms with Crippen LogP contribution in [0.2, 0.25) is 0 Å². The molecule has 0 aliphatic heterocycles. The average molecular weight is 407 g/mol. The second kappa shape index (κ2) is 8.58. The number of methoxy groups -OCH3 is 1. The van der Waals surface area contributed by atoms with Crippen LogP contribution in [0.4, 0.5) is 4.39 Å². The first-order valence-corrected chi connectivity index (χ1v) is 8.17. The van der Waals surface area contributed by atoms with E-state index in [4.69, 9.17) is 9.47 Å². The molecule has 0 fully saturated rings. The lowest BCUT2D eigenvalue weighted by Gasteiger charge is -2.09. The van der Waals surface area contributed by atoms with Crippen molar-refractivity contribution in [1.29, 1.82) is 0 Å². The maximum absolute atomic E-state index is 13.6. The number of rotatable bonds is 6. The van der Waals surface area contributed by atoms with Gasteiger partial charge in [0, 0.05) is 27.2 Å². The number of benzene rings is 2. The first-order valence-electron chi connectivity index (χ1n) is 7.38. The molecule has 130 valence electrons. The predicted octanol–water partition coefficient (Wildman–Crippen LogP) is 4.56. The van der Waals surface area contributed by atoms with Gasteiger partial charge in [0.25, 0.3) is 0 Å². The number of hydrogen-bond acceptors (Lipinski definition) is 4. The van der Waals surface area contributed by atoms with Gasteiger partial charge in [0.05, 0.1) is 7.11 Å². The third kappa shape index (κ3) is 5.26. The highest BCUT2D eigenvalue weighted by atomic mass is 79.9. The summed E-state index contributed by atoms with van der Waals surface area (Å²) in [6.45, 7) is 1.39. The van der Waals surface area contributed by atoms with E-state index in [-0.39, 0.29) is 18.0 Å². The fourth-order valence-corrected chi connectivity index (χ4v) is 2.49. The standard InChI is InChI=1S/C19H16BrFO4/c1-12(22)13-3-7-18(24-2)15(9-13)11-25-19(23)8-4-14-10-16(20)5-6-17(14)21/h3-10H,11H2,1-2H3/b8-4+. The molecule has 6 heteroatoms. The molecule has 4 nitrogen and oxygen atoms in total. The largest absolute Gasteiger partial charge is 0.496 e. The number of ketones is 1. The molecule has 0 unspecified atom stereocenters. The quantitative estimate of drug-likeness (QED) is 0.400. The van der Waals surface area contributed by atoms with Crippen LogP contribution in [0.25, 0.3) is 6.08 Å². The van der Waals surface area contributed by atoms with Crippen LogP contribution < -0.4 is 4.74 Å². The highest BCUT2D eigenvalue weighted by Gasteiger charge is 2.09. The van der Waals surface area contributed by atoms with Crippen molar-refractivity contribution >= 4 is 33.8 Å². The lowest BCUT2D eigenvalue weighted by molar-refractivity contribution is -0.138. The minimum Gasteiger partial charge on any atom is -0.496 e. The highest BCUT2D eigenvalue weighted by Crippen LogP contribution is 2.21. The second-order valence-electron chi connectivity index (χ2n) is 5.19. The normalized spacial score (nSPS) is 10.7. The van der Waals surface area contributed by atoms with Crippen molar-refractivity contribution in [3.8, 4) is 5.75 Å². The summed E-state index contributed by atoms with van der Waals surface area (Å²) < 4.78 is 24.7. The van der Waals surface area contributed by atoms with Crippen LogP contribution in [0.3, 0.4) is 0 Å². The maximum Gasteiger partial charge on any atom is 0.331 e. The molecule has 0 N–H and O–H groups in total. The van der Waals surface area contributed by atoms with E-state index < -0.39 is 11.8 Å². The number of ether oxygens (including phenoxy) is 2. The van der Waals surface area contributed by atoms with Crippen molar-refractivity contribution in [1.82, 2.24) is 0 Å². The molecule has 0 heterocycles. The van der Waals surface area contributed by atoms with Crippen molar-refractivity contribution in [2.45, 2.75) is 13.5 Å². The molecule has 0 spiro atoms. The molecule has 0 amide bonds. The van der Waals surface area contributed by atoms with Gasteiger partial charge in [-0.2, -0.15) is 0 Å². The van der Waals surface area contributed by atoms with Crippen LogP contribution in [0.5, 0.6) is 5.75 Å². The summed E-state index contributed by atoms with van der Waals surface area (Å²) in [5.74, 6) is -0.655. The minimum atomic E-state index is -0.630. The third-order valence-corrected chi connectivity index (χ3v) is 3.91. The molecule has 0 bridgehead atoms. The van der Waals surface area contributed by atoms with E-state index in [2.05, 4.69) is 15.9 Å². The van der Waals surface area contributed by atoms with Crippen LogP contribution in [0.15, 0.2) is 46.9 Å². The molecule has 25 heavy (non-hydrogen) atoms. The van der Waals surface area contributed by atoms with Gasteiger partial charge in [-0.15, -0.1) is 0 Å². The zero-order valence-electron chi connectivity index (χ0n) is 13.7. The predicted molar refractivity (Wildman–Crippen MR) is 95.9 cm³/mol. The van der Waals surface area contributed by atoms with Crippen LogP contribution in [0.1, 0.15) is 28.4 Å². The first-order chi connectivity index (χ1) is 11.9. The molecule has 0 saturated heterocycles. The molecule has 0 aliphatic carbocycles. The Morgan fingerprint density at radius 3 is 2.64 bits per heavy atom. The number of carbonyl (C=O) groups is 2. The highest BCUT2D eigenvalue weighted by molar-refractivity contribution is 9.10. The Morgan fingerprint density at radius 2 is 1.96 bits per heavy atom. The number of hydrogen-bond donors (Lipinski definition) is 0. The molecule has 0 aromatic heterocycles. The second-order valence-corrected chi connectivity index (χ2v) is 6.11. The summed E-state index contributed by atoms with van der Waals surface area (Å²) in [7, 11) is 1.49. The molecule has 2 rings (SSSR count). The van der Waals surface area contributed by atoms with Crippen LogP contribution in [0, 0.1) is 5.82 Å². The van der Waals surface area contributed by atoms with Gasteiger partial charge in [-0.25, -0.2) is 9.18 Å². The lowest BCUT2D eigenvalue weighted by Crippen LogP contribution is -2.04. The van der Waals surface area contributed by atoms with Crippen molar-refractivity contribution in [3.05, 3.63) is 69.5 Å².